The lowest BCUT2D eigenvalue weighted by Crippen LogP contribution is -2.56. The molecule has 6 rings (SSSR count). The van der Waals surface area contributed by atoms with E-state index in [1.165, 1.54) is 32.1 Å². The number of allylic oxidation sites excluding steroid dienone is 2. The van der Waals surface area contributed by atoms with Gasteiger partial charge in [0.05, 0.1) is 12.2 Å². The summed E-state index contributed by atoms with van der Waals surface area (Å²) >= 11 is 0. The summed E-state index contributed by atoms with van der Waals surface area (Å²) in [5.74, 6) is 5.94. The topological polar surface area (TPSA) is 33.1 Å². The van der Waals surface area contributed by atoms with Crippen LogP contribution >= 0.6 is 0 Å². The molecule has 1 heterocycles. The van der Waals surface area contributed by atoms with Gasteiger partial charge in [-0.15, -0.1) is 0 Å². The molecule has 1 aliphatic heterocycles. The van der Waals surface area contributed by atoms with Gasteiger partial charge in [-0.05, 0) is 86.0 Å². The first-order valence-electron chi connectivity index (χ1n) is 10.6. The van der Waals surface area contributed by atoms with E-state index in [1.54, 1.807) is 5.57 Å². The zero-order valence-electron chi connectivity index (χ0n) is 15.6. The molecule has 9 atom stereocenters. The number of rotatable bonds is 0. The second-order valence-corrected chi connectivity index (χ2v) is 10.3. The molecule has 6 aliphatic rings. The predicted octanol–water partition coefficient (Wildman–Crippen LogP) is 5.01. The Hall–Kier alpha value is -0.890. The highest BCUT2D eigenvalue weighted by Gasteiger charge is 2.76. The van der Waals surface area contributed by atoms with Crippen LogP contribution in [0.25, 0.3) is 0 Å². The van der Waals surface area contributed by atoms with Crippen molar-refractivity contribution in [1.82, 2.24) is 0 Å². The average molecular weight is 338 g/mol. The number of hydrogen-bond acceptors (Lipinski definition) is 2. The van der Waals surface area contributed by atoms with Crippen LogP contribution in [-0.4, -0.2) is 17.9 Å². The van der Waals surface area contributed by atoms with Crippen LogP contribution in [0.5, 0.6) is 0 Å². The van der Waals surface area contributed by atoms with Crippen molar-refractivity contribution in [3.63, 3.8) is 0 Å². The maximum absolute atomic E-state index is 8.11. The third-order valence-electron chi connectivity index (χ3n) is 9.46. The second-order valence-electron chi connectivity index (χ2n) is 10.3. The summed E-state index contributed by atoms with van der Waals surface area (Å²) in [7, 11) is 0. The van der Waals surface area contributed by atoms with Crippen LogP contribution in [0.2, 0.25) is 0 Å². The summed E-state index contributed by atoms with van der Waals surface area (Å²) in [6.07, 6.45) is 14.7. The molecule has 4 saturated carbocycles. The molecule has 0 radical (unpaired) electrons. The summed E-state index contributed by atoms with van der Waals surface area (Å²) in [5.41, 5.74) is 2.96. The summed E-state index contributed by atoms with van der Waals surface area (Å²) < 4.78 is 6.51. The van der Waals surface area contributed by atoms with Crippen molar-refractivity contribution in [2.24, 2.45) is 46.8 Å². The zero-order valence-corrected chi connectivity index (χ0v) is 15.6. The van der Waals surface area contributed by atoms with E-state index in [0.717, 1.165) is 60.2 Å². The Bertz CT molecular complexity index is 707. The lowest BCUT2D eigenvalue weighted by molar-refractivity contribution is -0.138. The monoisotopic (exact) mass is 337 g/mol. The number of fused-ring (bicyclic) bond motifs is 9. The van der Waals surface area contributed by atoms with Crippen molar-refractivity contribution in [3.8, 4) is 0 Å². The van der Waals surface area contributed by atoms with Gasteiger partial charge in [-0.25, -0.2) is 0 Å². The zero-order chi connectivity index (χ0) is 17.0. The molecule has 25 heavy (non-hydrogen) atoms. The second kappa shape index (κ2) is 4.68. The fourth-order valence-electron chi connectivity index (χ4n) is 8.65. The van der Waals surface area contributed by atoms with E-state index < -0.39 is 0 Å². The first kappa shape index (κ1) is 15.2. The van der Waals surface area contributed by atoms with Gasteiger partial charge in [0, 0.05) is 11.1 Å². The van der Waals surface area contributed by atoms with Gasteiger partial charge in [-0.2, -0.15) is 0 Å². The van der Waals surface area contributed by atoms with Crippen molar-refractivity contribution < 1.29 is 4.74 Å². The van der Waals surface area contributed by atoms with Crippen LogP contribution in [0.1, 0.15) is 52.4 Å². The molecular weight excluding hydrogens is 306 g/mol. The maximum atomic E-state index is 8.11. The summed E-state index contributed by atoms with van der Waals surface area (Å²) in [6, 6.07) is 0. The molecule has 5 aliphatic carbocycles. The van der Waals surface area contributed by atoms with Crippen LogP contribution in [0.3, 0.4) is 0 Å². The molecule has 0 saturated heterocycles. The Balaban J connectivity index is 1.41. The molecular formula is C23H31NO. The maximum Gasteiger partial charge on any atom is 0.0954 e. The lowest BCUT2D eigenvalue weighted by Gasteiger charge is -2.59. The highest BCUT2D eigenvalue weighted by molar-refractivity contribution is 5.93. The van der Waals surface area contributed by atoms with Gasteiger partial charge in [0.2, 0.25) is 0 Å². The minimum absolute atomic E-state index is 0.0812. The quantitative estimate of drug-likeness (QED) is 0.620. The number of ether oxygens (including phenoxy) is 1. The van der Waals surface area contributed by atoms with E-state index in [4.69, 9.17) is 10.1 Å². The molecule has 1 spiro atoms. The third kappa shape index (κ3) is 1.69. The van der Waals surface area contributed by atoms with Crippen molar-refractivity contribution in [3.05, 3.63) is 23.8 Å². The highest BCUT2D eigenvalue weighted by Crippen LogP contribution is 2.78. The van der Waals surface area contributed by atoms with Gasteiger partial charge in [0.25, 0.3) is 0 Å². The first-order valence-corrected chi connectivity index (χ1v) is 10.6. The lowest BCUT2D eigenvalue weighted by atomic mass is 9.47. The van der Waals surface area contributed by atoms with E-state index >= 15 is 0 Å². The molecule has 0 aromatic carbocycles. The Labute approximate surface area is 151 Å². The first-order chi connectivity index (χ1) is 12.1. The molecule has 4 fully saturated rings. The Morgan fingerprint density at radius 2 is 2.12 bits per heavy atom. The summed E-state index contributed by atoms with van der Waals surface area (Å²) in [5, 5.41) is 8.11. The highest BCUT2D eigenvalue weighted by atomic mass is 16.5. The van der Waals surface area contributed by atoms with Crippen molar-refractivity contribution in [2.75, 3.05) is 6.61 Å². The van der Waals surface area contributed by atoms with Crippen LogP contribution in [-0.2, 0) is 4.74 Å². The van der Waals surface area contributed by atoms with E-state index in [-0.39, 0.29) is 5.60 Å². The van der Waals surface area contributed by atoms with Crippen LogP contribution in [0, 0.1) is 52.2 Å². The largest absolute Gasteiger partial charge is 0.366 e. The van der Waals surface area contributed by atoms with Crippen LogP contribution in [0.4, 0.5) is 0 Å². The Morgan fingerprint density at radius 3 is 2.92 bits per heavy atom. The van der Waals surface area contributed by atoms with E-state index in [1.807, 2.05) is 0 Å². The fraction of sp³-hybridized carbons (Fsp3) is 0.783. The van der Waals surface area contributed by atoms with Gasteiger partial charge in [-0.1, -0.05) is 31.6 Å². The third-order valence-corrected chi connectivity index (χ3v) is 9.46. The molecule has 8 unspecified atom stereocenters. The van der Waals surface area contributed by atoms with Crippen LogP contribution in [0.15, 0.2) is 23.8 Å². The minimum atomic E-state index is 0.0812. The van der Waals surface area contributed by atoms with E-state index in [0.29, 0.717) is 5.41 Å². The number of nitrogens with one attached hydrogen (secondary N) is 1. The SMILES string of the molecule is CC1CC2=CC(=N)CCC2C2CC[C@@]3(C)C(C4CC4C34C=CCO4)C12. The Kier molecular flexibility index (Phi) is 2.85. The molecule has 1 N–H and O–H groups in total. The molecule has 0 aromatic rings. The standard InChI is InChI=1S/C23H31NO/c1-13-10-14-11-15(24)4-5-16(14)17-6-8-22(2)21(20(13)17)18-12-19(18)23(22)7-3-9-25-23/h3,7,11,13,16-21,24H,4-6,8-10,12H2,1-2H3/t13?,16?,17?,18?,19?,20?,21?,22-,23?/m0/s1. The molecule has 134 valence electrons. The van der Waals surface area contributed by atoms with Gasteiger partial charge in [0.1, 0.15) is 0 Å². The number of hydrogen-bond donors (Lipinski definition) is 1. The Morgan fingerprint density at radius 1 is 1.24 bits per heavy atom. The normalized spacial score (nSPS) is 58.4. The van der Waals surface area contributed by atoms with Gasteiger partial charge in [-0.3, -0.25) is 0 Å². The van der Waals surface area contributed by atoms with E-state index in [2.05, 4.69) is 32.1 Å². The van der Waals surface area contributed by atoms with Gasteiger partial charge in [0.15, 0.2) is 0 Å². The molecule has 0 aromatic heterocycles. The van der Waals surface area contributed by atoms with E-state index in [9.17, 15) is 0 Å². The van der Waals surface area contributed by atoms with Crippen molar-refractivity contribution in [2.45, 2.75) is 58.0 Å². The van der Waals surface area contributed by atoms with Gasteiger partial charge >= 0.3 is 0 Å². The fourth-order valence-corrected chi connectivity index (χ4v) is 8.65. The smallest absolute Gasteiger partial charge is 0.0954 e. The summed E-state index contributed by atoms with van der Waals surface area (Å²) in [4.78, 5) is 0. The van der Waals surface area contributed by atoms with Crippen molar-refractivity contribution in [1.29, 1.82) is 5.41 Å². The summed E-state index contributed by atoms with van der Waals surface area (Å²) in [6.45, 7) is 5.95. The van der Waals surface area contributed by atoms with Crippen molar-refractivity contribution >= 4 is 5.71 Å². The van der Waals surface area contributed by atoms with Gasteiger partial charge < -0.3 is 10.1 Å². The van der Waals surface area contributed by atoms with Crippen LogP contribution < -0.4 is 0 Å². The minimum Gasteiger partial charge on any atom is -0.366 e. The molecule has 0 amide bonds. The molecule has 2 heteroatoms. The molecule has 2 nitrogen and oxygen atoms in total. The average Bonchev–Trinajstić information content (AvgIpc) is 3.15. The molecule has 0 bridgehead atoms. The predicted molar refractivity (Wildman–Crippen MR) is 99.5 cm³/mol.